The molecule has 0 unspecified atom stereocenters. The van der Waals surface area contributed by atoms with Gasteiger partial charge in [-0.25, -0.2) is 19.9 Å². The van der Waals surface area contributed by atoms with Gasteiger partial charge in [-0.15, -0.1) is 10.2 Å². The van der Waals surface area contributed by atoms with Crippen molar-refractivity contribution in [3.63, 3.8) is 0 Å². The van der Waals surface area contributed by atoms with Crippen molar-refractivity contribution >= 4 is 38.5 Å². The molecule has 7 aromatic carbocycles. The molecule has 8 heteroatoms. The first-order valence-corrected chi connectivity index (χ1v) is 18.4. The lowest BCUT2D eigenvalue weighted by atomic mass is 10.0. The van der Waals surface area contributed by atoms with Crippen molar-refractivity contribution in [2.45, 2.75) is 0 Å². The molecule has 4 aromatic heterocycles. The normalized spacial score (nSPS) is 11.6. The van der Waals surface area contributed by atoms with Crippen LogP contribution in [0.3, 0.4) is 0 Å². The Bertz CT molecular complexity index is 3190. The molecule has 0 amide bonds. The maximum absolute atomic E-state index is 6.26. The lowest BCUT2D eigenvalue weighted by Crippen LogP contribution is -2.00. The molecule has 0 radical (unpaired) electrons. The highest BCUT2D eigenvalue weighted by atomic mass is 16.3. The summed E-state index contributed by atoms with van der Waals surface area (Å²) in [5, 5.41) is 12.5. The quantitative estimate of drug-likeness (QED) is 0.169. The van der Waals surface area contributed by atoms with Crippen LogP contribution >= 0.6 is 0 Å². The van der Waals surface area contributed by atoms with Crippen molar-refractivity contribution < 1.29 is 4.42 Å². The van der Waals surface area contributed by atoms with Crippen LogP contribution in [0.15, 0.2) is 180 Å². The first kappa shape index (κ1) is 31.7. The second-order valence-corrected chi connectivity index (χ2v) is 13.6. The van der Waals surface area contributed by atoms with Gasteiger partial charge in [0.2, 0.25) is 0 Å². The summed E-state index contributed by atoms with van der Waals surface area (Å²) in [5.41, 5.74) is 9.93. The van der Waals surface area contributed by atoms with Gasteiger partial charge in [0.25, 0.3) is 0 Å². The maximum Gasteiger partial charge on any atom is 0.172 e. The SMILES string of the molecule is c1ccc(-c2nc(-c3ccccc3)nc(-c3ccc(-c4cccc(-c5nc6ccccc6c6nnc(-c7cccc8oc9ccccc9c78)n56)c4)cc3)n2)cc1. The predicted octanol–water partition coefficient (Wildman–Crippen LogP) is 11.4. The number of para-hydroxylation sites is 2. The molecule has 0 fully saturated rings. The zero-order valence-corrected chi connectivity index (χ0v) is 29.8. The first-order valence-electron chi connectivity index (χ1n) is 18.4. The van der Waals surface area contributed by atoms with Crippen molar-refractivity contribution in [1.29, 1.82) is 0 Å². The Hall–Kier alpha value is -7.84. The second kappa shape index (κ2) is 12.9. The van der Waals surface area contributed by atoms with E-state index in [1.165, 1.54) is 0 Å². The van der Waals surface area contributed by atoms with Crippen LogP contribution in [-0.4, -0.2) is 34.5 Å². The van der Waals surface area contributed by atoms with Gasteiger partial charge in [0, 0.05) is 44.0 Å². The Morgan fingerprint density at radius 3 is 1.66 bits per heavy atom. The summed E-state index contributed by atoms with van der Waals surface area (Å²) in [4.78, 5) is 19.9. The Morgan fingerprint density at radius 2 is 0.929 bits per heavy atom. The van der Waals surface area contributed by atoms with Gasteiger partial charge < -0.3 is 4.42 Å². The molecule has 11 rings (SSSR count). The van der Waals surface area contributed by atoms with Crippen molar-refractivity contribution in [1.82, 2.24) is 34.5 Å². The van der Waals surface area contributed by atoms with E-state index in [9.17, 15) is 0 Å². The van der Waals surface area contributed by atoms with E-state index < -0.39 is 0 Å². The summed E-state index contributed by atoms with van der Waals surface area (Å²) in [6.07, 6.45) is 0. The molecular weight excluding hydrogens is 691 g/mol. The Balaban J connectivity index is 1.03. The van der Waals surface area contributed by atoms with E-state index in [4.69, 9.17) is 34.6 Å². The fraction of sp³-hybridized carbons (Fsp3) is 0. The minimum atomic E-state index is 0.612. The van der Waals surface area contributed by atoms with Crippen LogP contribution in [0.4, 0.5) is 0 Å². The standard InChI is InChI=1S/C48H29N7O/c1-3-13-31(14-4-1)43-50-44(32-15-5-2-6-16-32)52-45(51-43)33-27-25-30(26-28-33)34-17-11-18-35(29-34)46-49-39-22-9-7-19-36(39)47-53-54-48(55(46)47)38-21-12-24-41-42(38)37-20-8-10-23-40(37)56-41/h1-29H. The third kappa shape index (κ3) is 5.31. The molecule has 0 saturated carbocycles. The van der Waals surface area contributed by atoms with Gasteiger partial charge in [-0.05, 0) is 41.5 Å². The van der Waals surface area contributed by atoms with E-state index in [-0.39, 0.29) is 0 Å². The fourth-order valence-electron chi connectivity index (χ4n) is 7.50. The largest absolute Gasteiger partial charge is 0.456 e. The summed E-state index contributed by atoms with van der Waals surface area (Å²) >= 11 is 0. The van der Waals surface area contributed by atoms with Crippen molar-refractivity contribution in [3.05, 3.63) is 176 Å². The lowest BCUT2D eigenvalue weighted by Gasteiger charge is -2.12. The molecular formula is C48H29N7O. The molecule has 0 aliphatic rings. The molecule has 0 atom stereocenters. The van der Waals surface area contributed by atoms with Crippen LogP contribution in [0, 0.1) is 0 Å². The highest BCUT2D eigenvalue weighted by Gasteiger charge is 2.21. The number of benzene rings is 7. The van der Waals surface area contributed by atoms with Gasteiger partial charge in [0.05, 0.1) is 5.52 Å². The van der Waals surface area contributed by atoms with Crippen LogP contribution < -0.4 is 0 Å². The van der Waals surface area contributed by atoms with Crippen LogP contribution in [0.2, 0.25) is 0 Å². The van der Waals surface area contributed by atoms with Crippen molar-refractivity contribution in [2.24, 2.45) is 0 Å². The van der Waals surface area contributed by atoms with Crippen LogP contribution in [0.1, 0.15) is 0 Å². The zero-order valence-electron chi connectivity index (χ0n) is 29.8. The maximum atomic E-state index is 6.26. The second-order valence-electron chi connectivity index (χ2n) is 13.6. The van der Waals surface area contributed by atoms with E-state index in [0.29, 0.717) is 23.3 Å². The third-order valence-electron chi connectivity index (χ3n) is 10.2. The minimum absolute atomic E-state index is 0.612. The molecule has 8 nitrogen and oxygen atoms in total. The van der Waals surface area contributed by atoms with Gasteiger partial charge >= 0.3 is 0 Å². The van der Waals surface area contributed by atoms with E-state index in [1.807, 2.05) is 115 Å². The summed E-state index contributed by atoms with van der Waals surface area (Å²) in [6, 6.07) is 59.1. The molecule has 56 heavy (non-hydrogen) atoms. The van der Waals surface area contributed by atoms with Crippen LogP contribution in [0.25, 0.3) is 107 Å². The number of furan rings is 1. The molecule has 4 heterocycles. The number of rotatable bonds is 6. The van der Waals surface area contributed by atoms with Crippen LogP contribution in [0.5, 0.6) is 0 Å². The third-order valence-corrected chi connectivity index (χ3v) is 10.2. The molecule has 11 aromatic rings. The average molecular weight is 720 g/mol. The molecule has 0 N–H and O–H groups in total. The highest BCUT2D eigenvalue weighted by Crippen LogP contribution is 2.38. The fourth-order valence-corrected chi connectivity index (χ4v) is 7.50. The number of hydrogen-bond donors (Lipinski definition) is 0. The van der Waals surface area contributed by atoms with E-state index >= 15 is 0 Å². The van der Waals surface area contributed by atoms with E-state index in [1.54, 1.807) is 0 Å². The van der Waals surface area contributed by atoms with Gasteiger partial charge in [-0.1, -0.05) is 146 Å². The molecule has 0 bridgehead atoms. The average Bonchev–Trinajstić information content (AvgIpc) is 3.90. The highest BCUT2D eigenvalue weighted by molar-refractivity contribution is 6.12. The summed E-state index contributed by atoms with van der Waals surface area (Å²) in [7, 11) is 0. The van der Waals surface area contributed by atoms with E-state index in [2.05, 4.69) is 65.1 Å². The van der Waals surface area contributed by atoms with Crippen molar-refractivity contribution in [2.75, 3.05) is 0 Å². The smallest absolute Gasteiger partial charge is 0.172 e. The molecule has 0 aliphatic heterocycles. The van der Waals surface area contributed by atoms with Gasteiger partial charge in [-0.3, -0.25) is 4.40 Å². The van der Waals surface area contributed by atoms with Gasteiger partial charge in [-0.2, -0.15) is 0 Å². The molecule has 262 valence electrons. The summed E-state index contributed by atoms with van der Waals surface area (Å²) in [6.45, 7) is 0. The minimum Gasteiger partial charge on any atom is -0.456 e. The summed E-state index contributed by atoms with van der Waals surface area (Å²) < 4.78 is 8.34. The topological polar surface area (TPSA) is 94.9 Å². The van der Waals surface area contributed by atoms with Crippen LogP contribution in [-0.2, 0) is 0 Å². The number of fused-ring (bicyclic) bond motifs is 6. The zero-order chi connectivity index (χ0) is 37.0. The van der Waals surface area contributed by atoms with Gasteiger partial charge in [0.1, 0.15) is 17.0 Å². The Kier molecular flexibility index (Phi) is 7.31. The summed E-state index contributed by atoms with van der Waals surface area (Å²) in [5.74, 6) is 3.31. The molecule has 0 spiro atoms. The van der Waals surface area contributed by atoms with Gasteiger partial charge in [0.15, 0.2) is 28.9 Å². The molecule has 0 saturated heterocycles. The lowest BCUT2D eigenvalue weighted by molar-refractivity contribution is 0.669. The van der Waals surface area contributed by atoms with E-state index in [0.717, 1.165) is 83.3 Å². The number of nitrogens with zero attached hydrogens (tertiary/aromatic N) is 7. The van der Waals surface area contributed by atoms with Crippen molar-refractivity contribution in [3.8, 4) is 68.1 Å². The Labute approximate surface area is 320 Å². The number of aromatic nitrogens is 7. The predicted molar refractivity (Wildman–Crippen MR) is 222 cm³/mol. The number of hydrogen-bond acceptors (Lipinski definition) is 7. The monoisotopic (exact) mass is 719 g/mol. The first-order chi connectivity index (χ1) is 27.7. The Morgan fingerprint density at radius 1 is 0.375 bits per heavy atom. The molecule has 0 aliphatic carbocycles.